The summed E-state index contributed by atoms with van der Waals surface area (Å²) in [6, 6.07) is 2.76. The zero-order valence-corrected chi connectivity index (χ0v) is 11.5. The van der Waals surface area contributed by atoms with E-state index in [4.69, 9.17) is 15.2 Å². The van der Waals surface area contributed by atoms with Gasteiger partial charge in [-0.25, -0.2) is 0 Å². The highest BCUT2D eigenvalue weighted by molar-refractivity contribution is 5.53. The summed E-state index contributed by atoms with van der Waals surface area (Å²) in [5.41, 5.74) is 5.18. The van der Waals surface area contributed by atoms with Gasteiger partial charge in [-0.15, -0.1) is 0 Å². The third-order valence-corrected chi connectivity index (χ3v) is 4.10. The molecule has 0 spiro atoms. The van der Waals surface area contributed by atoms with Crippen molar-refractivity contribution >= 4 is 0 Å². The van der Waals surface area contributed by atoms with Crippen molar-refractivity contribution in [1.29, 1.82) is 0 Å². The molecule has 0 bridgehead atoms. The molecule has 3 nitrogen and oxygen atoms in total. The zero-order chi connectivity index (χ0) is 15.0. The zero-order valence-electron chi connectivity index (χ0n) is 11.5. The van der Waals surface area contributed by atoms with Crippen LogP contribution in [0.3, 0.4) is 0 Å². The van der Waals surface area contributed by atoms with Crippen molar-refractivity contribution in [2.24, 2.45) is 5.73 Å². The van der Waals surface area contributed by atoms with Crippen LogP contribution in [-0.2, 0) is 11.6 Å². The Labute approximate surface area is 115 Å². The second-order valence-corrected chi connectivity index (χ2v) is 5.10. The van der Waals surface area contributed by atoms with Gasteiger partial charge in [0, 0.05) is 12.0 Å². The first-order valence-electron chi connectivity index (χ1n) is 6.42. The number of benzene rings is 1. The lowest BCUT2D eigenvalue weighted by atomic mass is 9.64. The average molecular weight is 289 g/mol. The van der Waals surface area contributed by atoms with Crippen molar-refractivity contribution in [2.75, 3.05) is 20.8 Å². The van der Waals surface area contributed by atoms with Crippen LogP contribution in [0.5, 0.6) is 11.5 Å². The highest BCUT2D eigenvalue weighted by atomic mass is 19.4. The van der Waals surface area contributed by atoms with Crippen molar-refractivity contribution in [3.05, 3.63) is 23.3 Å². The Morgan fingerprint density at radius 1 is 1.20 bits per heavy atom. The fourth-order valence-electron chi connectivity index (χ4n) is 2.70. The average Bonchev–Trinajstić information content (AvgIpc) is 2.36. The number of rotatable bonds is 4. The van der Waals surface area contributed by atoms with Gasteiger partial charge in [-0.05, 0) is 30.5 Å². The SMILES string of the molecule is COc1cc(C2(CN)CCC2)cc(C(F)(F)F)c1OC. The summed E-state index contributed by atoms with van der Waals surface area (Å²) in [5.74, 6) is -0.188. The van der Waals surface area contributed by atoms with E-state index in [9.17, 15) is 13.2 Å². The maximum atomic E-state index is 13.2. The van der Waals surface area contributed by atoms with Gasteiger partial charge < -0.3 is 15.2 Å². The largest absolute Gasteiger partial charge is 0.493 e. The minimum atomic E-state index is -4.49. The smallest absolute Gasteiger partial charge is 0.420 e. The van der Waals surface area contributed by atoms with Crippen LogP contribution < -0.4 is 15.2 Å². The Kier molecular flexibility index (Phi) is 3.86. The standard InChI is InChI=1S/C14H18F3NO2/c1-19-11-7-9(13(8-18)4-3-5-13)6-10(12(11)20-2)14(15,16)17/h6-7H,3-5,8,18H2,1-2H3. The molecule has 1 saturated carbocycles. The molecule has 1 aromatic rings. The summed E-state index contributed by atoms with van der Waals surface area (Å²) in [6.45, 7) is 0.333. The molecule has 0 atom stereocenters. The lowest BCUT2D eigenvalue weighted by Gasteiger charge is -2.42. The van der Waals surface area contributed by atoms with Crippen LogP contribution in [0.2, 0.25) is 0 Å². The fraction of sp³-hybridized carbons (Fsp3) is 0.571. The van der Waals surface area contributed by atoms with Gasteiger partial charge in [0.2, 0.25) is 0 Å². The van der Waals surface area contributed by atoms with E-state index < -0.39 is 11.7 Å². The number of halogens is 3. The third-order valence-electron chi connectivity index (χ3n) is 4.10. The lowest BCUT2D eigenvalue weighted by Crippen LogP contribution is -2.41. The molecule has 1 aliphatic carbocycles. The van der Waals surface area contributed by atoms with Gasteiger partial charge in [0.15, 0.2) is 11.5 Å². The van der Waals surface area contributed by atoms with Gasteiger partial charge in [-0.1, -0.05) is 6.42 Å². The Hall–Kier alpha value is -1.43. The first-order valence-corrected chi connectivity index (χ1v) is 6.42. The number of hydrogen-bond acceptors (Lipinski definition) is 3. The van der Waals surface area contributed by atoms with Crippen molar-refractivity contribution < 1.29 is 22.6 Å². The van der Waals surface area contributed by atoms with E-state index in [2.05, 4.69) is 0 Å². The quantitative estimate of drug-likeness (QED) is 0.926. The van der Waals surface area contributed by atoms with Crippen LogP contribution >= 0.6 is 0 Å². The number of nitrogens with two attached hydrogens (primary N) is 1. The third kappa shape index (κ3) is 2.32. The molecule has 0 aromatic heterocycles. The monoisotopic (exact) mass is 289 g/mol. The molecule has 0 amide bonds. The second kappa shape index (κ2) is 5.16. The van der Waals surface area contributed by atoms with Crippen molar-refractivity contribution in [3.63, 3.8) is 0 Å². The topological polar surface area (TPSA) is 44.5 Å². The number of methoxy groups -OCH3 is 2. The molecule has 2 N–H and O–H groups in total. The highest BCUT2D eigenvalue weighted by Gasteiger charge is 2.42. The van der Waals surface area contributed by atoms with Gasteiger partial charge in [0.1, 0.15) is 5.56 Å². The molecule has 0 radical (unpaired) electrons. The molecule has 112 valence electrons. The van der Waals surface area contributed by atoms with E-state index in [0.717, 1.165) is 25.3 Å². The van der Waals surface area contributed by atoms with E-state index >= 15 is 0 Å². The predicted octanol–water partition coefficient (Wildman–Crippen LogP) is 3.10. The van der Waals surface area contributed by atoms with Crippen LogP contribution in [-0.4, -0.2) is 20.8 Å². The van der Waals surface area contributed by atoms with E-state index in [1.54, 1.807) is 6.07 Å². The van der Waals surface area contributed by atoms with Crippen LogP contribution in [0, 0.1) is 0 Å². The molecule has 2 rings (SSSR count). The molecule has 0 unspecified atom stereocenters. The molecule has 20 heavy (non-hydrogen) atoms. The molecular formula is C14H18F3NO2. The van der Waals surface area contributed by atoms with E-state index in [0.29, 0.717) is 12.1 Å². The number of alkyl halides is 3. The number of ether oxygens (including phenoxy) is 2. The number of hydrogen-bond donors (Lipinski definition) is 1. The summed E-state index contributed by atoms with van der Waals surface area (Å²) in [7, 11) is 2.53. The van der Waals surface area contributed by atoms with Gasteiger partial charge in [-0.2, -0.15) is 13.2 Å². The molecule has 6 heteroatoms. The van der Waals surface area contributed by atoms with Crippen LogP contribution in [0.4, 0.5) is 13.2 Å². The van der Waals surface area contributed by atoms with Gasteiger partial charge in [0.25, 0.3) is 0 Å². The summed E-state index contributed by atoms with van der Waals surface area (Å²) in [4.78, 5) is 0. The van der Waals surface area contributed by atoms with Gasteiger partial charge >= 0.3 is 6.18 Å². The lowest BCUT2D eigenvalue weighted by molar-refractivity contribution is -0.139. The minimum absolute atomic E-state index is 0.0945. The van der Waals surface area contributed by atoms with Crippen LogP contribution in [0.1, 0.15) is 30.4 Å². The van der Waals surface area contributed by atoms with E-state index in [-0.39, 0.29) is 16.9 Å². The summed E-state index contributed by atoms with van der Waals surface area (Å²) < 4.78 is 49.5. The minimum Gasteiger partial charge on any atom is -0.493 e. The predicted molar refractivity (Wildman–Crippen MR) is 69.1 cm³/mol. The molecular weight excluding hydrogens is 271 g/mol. The van der Waals surface area contributed by atoms with E-state index in [1.807, 2.05) is 0 Å². The first kappa shape index (κ1) is 15.0. The Morgan fingerprint density at radius 2 is 1.85 bits per heavy atom. The highest BCUT2D eigenvalue weighted by Crippen LogP contribution is 2.49. The van der Waals surface area contributed by atoms with Crippen LogP contribution in [0.15, 0.2) is 12.1 Å². The molecule has 1 aliphatic rings. The molecule has 0 saturated heterocycles. The van der Waals surface area contributed by atoms with Gasteiger partial charge in [-0.3, -0.25) is 0 Å². The van der Waals surface area contributed by atoms with Crippen LogP contribution in [0.25, 0.3) is 0 Å². The van der Waals surface area contributed by atoms with Crippen molar-refractivity contribution in [1.82, 2.24) is 0 Å². The maximum absolute atomic E-state index is 13.2. The molecule has 1 fully saturated rings. The summed E-state index contributed by atoms with van der Waals surface area (Å²) in [5, 5.41) is 0. The first-order chi connectivity index (χ1) is 9.38. The van der Waals surface area contributed by atoms with Crippen molar-refractivity contribution in [3.8, 4) is 11.5 Å². The molecule has 0 heterocycles. The molecule has 0 aliphatic heterocycles. The van der Waals surface area contributed by atoms with E-state index in [1.165, 1.54) is 14.2 Å². The van der Waals surface area contributed by atoms with Gasteiger partial charge in [0.05, 0.1) is 14.2 Å². The van der Waals surface area contributed by atoms with Crippen molar-refractivity contribution in [2.45, 2.75) is 30.9 Å². The maximum Gasteiger partial charge on any atom is 0.420 e. The summed E-state index contributed by atoms with van der Waals surface area (Å²) in [6.07, 6.45) is -1.91. The Bertz CT molecular complexity index is 490. The fourth-order valence-corrected chi connectivity index (χ4v) is 2.70. The Balaban J connectivity index is 2.61. The molecule has 1 aromatic carbocycles. The normalized spacial score (nSPS) is 17.5. The summed E-state index contributed by atoms with van der Waals surface area (Å²) >= 11 is 0. The second-order valence-electron chi connectivity index (χ2n) is 5.10. The Morgan fingerprint density at radius 3 is 2.20 bits per heavy atom.